The van der Waals surface area contributed by atoms with Gasteiger partial charge in [-0.3, -0.25) is 4.79 Å². The minimum atomic E-state index is -1.31. The van der Waals surface area contributed by atoms with E-state index in [-0.39, 0.29) is 12.3 Å². The van der Waals surface area contributed by atoms with Crippen molar-refractivity contribution in [3.05, 3.63) is 0 Å². The van der Waals surface area contributed by atoms with Crippen LogP contribution in [0.5, 0.6) is 0 Å². The summed E-state index contributed by atoms with van der Waals surface area (Å²) in [4.78, 5) is 21.2. The van der Waals surface area contributed by atoms with Crippen LogP contribution >= 0.6 is 0 Å². The lowest BCUT2D eigenvalue weighted by Crippen LogP contribution is -2.21. The number of carbonyl (C=O) groups excluding carboxylic acids is 1. The number of carboxylic acid groups (broad SMARTS) is 1. The van der Waals surface area contributed by atoms with Crippen molar-refractivity contribution in [2.45, 2.75) is 37.9 Å². The molecule has 1 saturated heterocycles. The molecular weight excluding hydrogens is 172 g/mol. The Morgan fingerprint density at radius 1 is 1.31 bits per heavy atom. The highest BCUT2D eigenvalue weighted by atomic mass is 16.6. The zero-order valence-corrected chi connectivity index (χ0v) is 7.23. The standard InChI is InChI=1S/C9H12O4/c10-6(9(11)12)3-5-1-2-7-8(4-5)13-7/h5,7-8H,1-4H2,(H,11,12). The topological polar surface area (TPSA) is 66.9 Å². The molecule has 0 aromatic rings. The van der Waals surface area contributed by atoms with Crippen LogP contribution in [0.1, 0.15) is 25.7 Å². The van der Waals surface area contributed by atoms with E-state index in [9.17, 15) is 9.59 Å². The summed E-state index contributed by atoms with van der Waals surface area (Å²) in [6.07, 6.45) is 3.70. The molecule has 72 valence electrons. The smallest absolute Gasteiger partial charge is 0.372 e. The van der Waals surface area contributed by atoms with E-state index in [2.05, 4.69) is 0 Å². The van der Waals surface area contributed by atoms with Gasteiger partial charge in [-0.15, -0.1) is 0 Å². The van der Waals surface area contributed by atoms with Crippen molar-refractivity contribution in [2.75, 3.05) is 0 Å². The van der Waals surface area contributed by atoms with E-state index >= 15 is 0 Å². The second-order valence-electron chi connectivity index (χ2n) is 3.82. The predicted octanol–water partition coefficient (Wildman–Crippen LogP) is 0.598. The van der Waals surface area contributed by atoms with Crippen LogP contribution < -0.4 is 0 Å². The lowest BCUT2D eigenvalue weighted by Gasteiger charge is -2.16. The molecule has 4 heteroatoms. The third-order valence-electron chi connectivity index (χ3n) is 2.83. The minimum absolute atomic E-state index is 0.182. The Hall–Kier alpha value is -0.900. The van der Waals surface area contributed by atoms with Crippen molar-refractivity contribution in [3.8, 4) is 0 Å². The summed E-state index contributed by atoms with van der Waals surface area (Å²) in [7, 11) is 0. The Balaban J connectivity index is 1.81. The average Bonchev–Trinajstić information content (AvgIpc) is 2.81. The molecule has 0 spiro atoms. The van der Waals surface area contributed by atoms with Gasteiger partial charge in [-0.2, -0.15) is 0 Å². The molecule has 2 rings (SSSR count). The highest BCUT2D eigenvalue weighted by molar-refractivity contribution is 6.32. The molecule has 0 aromatic carbocycles. The van der Waals surface area contributed by atoms with E-state index in [0.29, 0.717) is 12.2 Å². The molecular formula is C9H12O4. The number of epoxide rings is 1. The molecule has 0 radical (unpaired) electrons. The van der Waals surface area contributed by atoms with Crippen LogP contribution in [0, 0.1) is 5.92 Å². The summed E-state index contributed by atoms with van der Waals surface area (Å²) in [5.41, 5.74) is 0. The molecule has 3 atom stereocenters. The summed E-state index contributed by atoms with van der Waals surface area (Å²) in [5, 5.41) is 8.41. The maximum Gasteiger partial charge on any atom is 0.372 e. The first-order valence-corrected chi connectivity index (χ1v) is 4.58. The first-order chi connectivity index (χ1) is 6.16. The van der Waals surface area contributed by atoms with Crippen molar-refractivity contribution in [2.24, 2.45) is 5.92 Å². The predicted molar refractivity (Wildman–Crippen MR) is 43.3 cm³/mol. The third kappa shape index (κ3) is 1.88. The largest absolute Gasteiger partial charge is 0.476 e. The van der Waals surface area contributed by atoms with Crippen molar-refractivity contribution in [3.63, 3.8) is 0 Å². The van der Waals surface area contributed by atoms with Crippen molar-refractivity contribution < 1.29 is 19.4 Å². The van der Waals surface area contributed by atoms with Crippen LogP contribution in [0.4, 0.5) is 0 Å². The Bertz CT molecular complexity index is 248. The molecule has 1 saturated carbocycles. The molecule has 0 aromatic heterocycles. The van der Waals surface area contributed by atoms with Gasteiger partial charge in [0.2, 0.25) is 5.78 Å². The number of Topliss-reactive ketones (excluding diaryl/α,β-unsaturated/α-hetero) is 1. The summed E-state index contributed by atoms with van der Waals surface area (Å²) in [5.74, 6) is -1.74. The fourth-order valence-corrected chi connectivity index (χ4v) is 2.02. The van der Waals surface area contributed by atoms with Crippen molar-refractivity contribution >= 4 is 11.8 Å². The van der Waals surface area contributed by atoms with Gasteiger partial charge in [0, 0.05) is 6.42 Å². The van der Waals surface area contributed by atoms with Gasteiger partial charge in [0.05, 0.1) is 12.2 Å². The summed E-state index contributed by atoms with van der Waals surface area (Å²) in [6, 6.07) is 0. The molecule has 2 fully saturated rings. The van der Waals surface area contributed by atoms with E-state index in [1.807, 2.05) is 0 Å². The maximum absolute atomic E-state index is 10.9. The van der Waals surface area contributed by atoms with Gasteiger partial charge in [0.15, 0.2) is 0 Å². The summed E-state index contributed by atoms with van der Waals surface area (Å²) < 4.78 is 5.29. The summed E-state index contributed by atoms with van der Waals surface area (Å²) >= 11 is 0. The fraction of sp³-hybridized carbons (Fsp3) is 0.778. The first kappa shape index (κ1) is 8.69. The maximum atomic E-state index is 10.9. The molecule has 1 N–H and O–H groups in total. The quantitative estimate of drug-likeness (QED) is 0.515. The number of hydrogen-bond donors (Lipinski definition) is 1. The Labute approximate surface area is 75.9 Å². The highest BCUT2D eigenvalue weighted by Gasteiger charge is 2.44. The molecule has 1 heterocycles. The van der Waals surface area contributed by atoms with Gasteiger partial charge >= 0.3 is 5.97 Å². The number of carboxylic acids is 1. The second kappa shape index (κ2) is 3.10. The van der Waals surface area contributed by atoms with Crippen molar-refractivity contribution in [1.82, 2.24) is 0 Å². The number of rotatable bonds is 3. The molecule has 13 heavy (non-hydrogen) atoms. The molecule has 2 aliphatic rings. The van der Waals surface area contributed by atoms with Gasteiger partial charge in [-0.1, -0.05) is 0 Å². The second-order valence-corrected chi connectivity index (χ2v) is 3.82. The molecule has 1 aliphatic carbocycles. The van der Waals surface area contributed by atoms with Gasteiger partial charge < -0.3 is 9.84 Å². The van der Waals surface area contributed by atoms with Gasteiger partial charge in [0.25, 0.3) is 0 Å². The number of carbonyl (C=O) groups is 2. The number of ketones is 1. The lowest BCUT2D eigenvalue weighted by atomic mass is 9.86. The van der Waals surface area contributed by atoms with Crippen LogP contribution in [0.2, 0.25) is 0 Å². The Morgan fingerprint density at radius 3 is 2.69 bits per heavy atom. The zero-order valence-electron chi connectivity index (χ0n) is 7.23. The van der Waals surface area contributed by atoms with Gasteiger partial charge in [-0.25, -0.2) is 4.79 Å². The van der Waals surface area contributed by atoms with E-state index in [1.54, 1.807) is 0 Å². The van der Waals surface area contributed by atoms with Crippen molar-refractivity contribution in [1.29, 1.82) is 0 Å². The molecule has 3 unspecified atom stereocenters. The minimum Gasteiger partial charge on any atom is -0.476 e. The van der Waals surface area contributed by atoms with Crippen LogP contribution in [0.3, 0.4) is 0 Å². The van der Waals surface area contributed by atoms with Gasteiger partial charge in [0.1, 0.15) is 0 Å². The first-order valence-electron chi connectivity index (χ1n) is 4.58. The van der Waals surface area contributed by atoms with Crippen LogP contribution in [0.25, 0.3) is 0 Å². The monoisotopic (exact) mass is 184 g/mol. The van der Waals surface area contributed by atoms with Crippen LogP contribution in [0.15, 0.2) is 0 Å². The number of hydrogen-bond acceptors (Lipinski definition) is 3. The number of ether oxygens (including phenoxy) is 1. The summed E-state index contributed by atoms with van der Waals surface area (Å²) in [6.45, 7) is 0. The highest BCUT2D eigenvalue weighted by Crippen LogP contribution is 2.40. The lowest BCUT2D eigenvalue weighted by molar-refractivity contribution is -0.149. The normalized spacial score (nSPS) is 36.5. The zero-order chi connectivity index (χ0) is 9.42. The molecule has 0 amide bonds. The van der Waals surface area contributed by atoms with Crippen LogP contribution in [-0.4, -0.2) is 29.1 Å². The van der Waals surface area contributed by atoms with E-state index < -0.39 is 11.8 Å². The van der Waals surface area contributed by atoms with E-state index in [0.717, 1.165) is 19.3 Å². The fourth-order valence-electron chi connectivity index (χ4n) is 2.02. The average molecular weight is 184 g/mol. The van der Waals surface area contributed by atoms with Crippen LogP contribution in [-0.2, 0) is 14.3 Å². The molecule has 1 aliphatic heterocycles. The number of fused-ring (bicyclic) bond motifs is 1. The van der Waals surface area contributed by atoms with E-state index in [1.165, 1.54) is 0 Å². The molecule has 4 nitrogen and oxygen atoms in total. The Morgan fingerprint density at radius 2 is 2.08 bits per heavy atom. The number of aliphatic carboxylic acids is 1. The van der Waals surface area contributed by atoms with E-state index in [4.69, 9.17) is 9.84 Å². The SMILES string of the molecule is O=C(O)C(=O)CC1CCC2OC2C1. The van der Waals surface area contributed by atoms with Gasteiger partial charge in [-0.05, 0) is 25.2 Å². The third-order valence-corrected chi connectivity index (χ3v) is 2.83. The Kier molecular flexibility index (Phi) is 2.07. The molecule has 0 bridgehead atoms.